The summed E-state index contributed by atoms with van der Waals surface area (Å²) in [6.07, 6.45) is 0. The van der Waals surface area contributed by atoms with Crippen molar-refractivity contribution in [3.05, 3.63) is 34.8 Å². The van der Waals surface area contributed by atoms with Crippen molar-refractivity contribution in [3.63, 3.8) is 0 Å². The van der Waals surface area contributed by atoms with E-state index in [1.165, 1.54) is 4.88 Å². The number of nitrogens with two attached hydrogens (primary N) is 1. The van der Waals surface area contributed by atoms with E-state index in [9.17, 15) is 0 Å². The van der Waals surface area contributed by atoms with Gasteiger partial charge in [-0.25, -0.2) is 4.98 Å². The number of thiazole rings is 1. The predicted molar refractivity (Wildman–Crippen MR) is 83.6 cm³/mol. The van der Waals surface area contributed by atoms with E-state index in [2.05, 4.69) is 18.8 Å². The van der Waals surface area contributed by atoms with Crippen molar-refractivity contribution in [1.29, 1.82) is 0 Å². The maximum absolute atomic E-state index is 6.26. The number of aromatic nitrogens is 2. The normalized spacial score (nSPS) is 11.2. The Morgan fingerprint density at radius 2 is 1.95 bits per heavy atom. The minimum absolute atomic E-state index is 0.667. The third kappa shape index (κ3) is 1.94. The second-order valence-electron chi connectivity index (χ2n) is 4.66. The van der Waals surface area contributed by atoms with Crippen molar-refractivity contribution in [2.45, 2.75) is 20.8 Å². The maximum atomic E-state index is 6.26. The van der Waals surface area contributed by atoms with Gasteiger partial charge in [0.05, 0.1) is 6.61 Å². The lowest BCUT2D eigenvalue weighted by atomic mass is 10.1. The molecule has 5 heteroatoms. The maximum Gasteiger partial charge on any atom is 0.196 e. The molecule has 1 aromatic carbocycles. The molecule has 0 bridgehead atoms. The topological polar surface area (TPSA) is 52.5 Å². The summed E-state index contributed by atoms with van der Waals surface area (Å²) in [6.45, 7) is 6.80. The number of hydrogen-bond donors (Lipinski definition) is 1. The molecule has 2 N–H and O–H groups in total. The van der Waals surface area contributed by atoms with E-state index in [4.69, 9.17) is 10.5 Å². The van der Waals surface area contributed by atoms with E-state index in [1.54, 1.807) is 11.3 Å². The molecule has 0 saturated carbocycles. The molecule has 0 radical (unpaired) electrons. The SMILES string of the molecule is CCOc1ccc(-c2nc3sc(C)c(C)n3c2N)cc1. The van der Waals surface area contributed by atoms with Gasteiger partial charge in [0.15, 0.2) is 4.96 Å². The number of fused-ring (bicyclic) bond motifs is 1. The van der Waals surface area contributed by atoms with Crippen LogP contribution in [0.5, 0.6) is 5.75 Å². The zero-order valence-electron chi connectivity index (χ0n) is 11.8. The lowest BCUT2D eigenvalue weighted by Gasteiger charge is -2.04. The Labute approximate surface area is 121 Å². The largest absolute Gasteiger partial charge is 0.494 e. The van der Waals surface area contributed by atoms with Crippen molar-refractivity contribution < 1.29 is 4.74 Å². The van der Waals surface area contributed by atoms with Gasteiger partial charge in [0.1, 0.15) is 17.3 Å². The Hall–Kier alpha value is -2.01. The summed E-state index contributed by atoms with van der Waals surface area (Å²) < 4.78 is 7.47. The fourth-order valence-electron chi connectivity index (χ4n) is 2.26. The van der Waals surface area contributed by atoms with E-state index in [-0.39, 0.29) is 0 Å². The molecule has 3 aromatic rings. The number of hydrogen-bond acceptors (Lipinski definition) is 4. The van der Waals surface area contributed by atoms with E-state index >= 15 is 0 Å². The Kier molecular flexibility index (Phi) is 3.14. The molecule has 0 amide bonds. The third-order valence-electron chi connectivity index (χ3n) is 3.41. The second kappa shape index (κ2) is 4.83. The number of benzene rings is 1. The molecule has 3 rings (SSSR count). The van der Waals surface area contributed by atoms with Crippen LogP contribution in [0.3, 0.4) is 0 Å². The number of nitrogen functional groups attached to an aromatic ring is 1. The van der Waals surface area contributed by atoms with Crippen LogP contribution >= 0.6 is 11.3 Å². The molecule has 2 aromatic heterocycles. The van der Waals surface area contributed by atoms with Crippen LogP contribution in [0.15, 0.2) is 24.3 Å². The molecular weight excluding hydrogens is 270 g/mol. The zero-order valence-corrected chi connectivity index (χ0v) is 12.6. The van der Waals surface area contributed by atoms with Gasteiger partial charge < -0.3 is 10.5 Å². The molecule has 0 aliphatic heterocycles. The molecule has 0 aliphatic rings. The van der Waals surface area contributed by atoms with Gasteiger partial charge in [0, 0.05) is 16.1 Å². The monoisotopic (exact) mass is 287 g/mol. The summed E-state index contributed by atoms with van der Waals surface area (Å²) >= 11 is 1.67. The number of rotatable bonds is 3. The molecule has 4 nitrogen and oxygen atoms in total. The van der Waals surface area contributed by atoms with Crippen LogP contribution in [0.2, 0.25) is 0 Å². The first-order valence-electron chi connectivity index (χ1n) is 6.59. The highest BCUT2D eigenvalue weighted by atomic mass is 32.1. The van der Waals surface area contributed by atoms with E-state index in [1.807, 2.05) is 35.6 Å². The van der Waals surface area contributed by atoms with Crippen LogP contribution < -0.4 is 10.5 Å². The lowest BCUT2D eigenvalue weighted by molar-refractivity contribution is 0.340. The quantitative estimate of drug-likeness (QED) is 0.799. The van der Waals surface area contributed by atoms with E-state index in [0.717, 1.165) is 27.7 Å². The summed E-state index contributed by atoms with van der Waals surface area (Å²) in [6, 6.07) is 7.89. The molecule has 0 atom stereocenters. The van der Waals surface area contributed by atoms with Crippen molar-refractivity contribution in [1.82, 2.24) is 9.38 Å². The molecule has 0 spiro atoms. The fraction of sp³-hybridized carbons (Fsp3) is 0.267. The summed E-state index contributed by atoms with van der Waals surface area (Å²) in [5, 5.41) is 0. The average Bonchev–Trinajstić information content (AvgIpc) is 2.90. The van der Waals surface area contributed by atoms with Crippen molar-refractivity contribution in [2.24, 2.45) is 0 Å². The first kappa shape index (κ1) is 13.0. The van der Waals surface area contributed by atoms with Gasteiger partial charge in [-0.3, -0.25) is 4.40 Å². The van der Waals surface area contributed by atoms with Gasteiger partial charge in [-0.05, 0) is 45.0 Å². The molecule has 2 heterocycles. The number of imidazole rings is 1. The zero-order chi connectivity index (χ0) is 14.3. The van der Waals surface area contributed by atoms with E-state index < -0.39 is 0 Å². The summed E-state index contributed by atoms with van der Waals surface area (Å²) in [7, 11) is 0. The second-order valence-corrected chi connectivity index (χ2v) is 5.85. The molecule has 0 saturated heterocycles. The number of aryl methyl sites for hydroxylation is 2. The van der Waals surface area contributed by atoms with Gasteiger partial charge >= 0.3 is 0 Å². The number of anilines is 1. The molecular formula is C15H17N3OS. The summed E-state index contributed by atoms with van der Waals surface area (Å²) in [5.41, 5.74) is 9.27. The van der Waals surface area contributed by atoms with Gasteiger partial charge in [-0.1, -0.05) is 0 Å². The Bertz CT molecular complexity index is 756. The van der Waals surface area contributed by atoms with Crippen LogP contribution in [-0.4, -0.2) is 16.0 Å². The number of nitrogens with zero attached hydrogens (tertiary/aromatic N) is 2. The van der Waals surface area contributed by atoms with E-state index in [0.29, 0.717) is 12.4 Å². The summed E-state index contributed by atoms with van der Waals surface area (Å²) in [5.74, 6) is 1.56. The van der Waals surface area contributed by atoms with Crippen LogP contribution in [0.1, 0.15) is 17.5 Å². The van der Waals surface area contributed by atoms with Gasteiger partial charge in [0.2, 0.25) is 0 Å². The van der Waals surface area contributed by atoms with Gasteiger partial charge in [-0.2, -0.15) is 0 Å². The molecule has 0 aliphatic carbocycles. The lowest BCUT2D eigenvalue weighted by Crippen LogP contribution is -1.96. The predicted octanol–water partition coefficient (Wildman–Crippen LogP) is 3.66. The highest BCUT2D eigenvalue weighted by Gasteiger charge is 2.16. The Morgan fingerprint density at radius 3 is 2.55 bits per heavy atom. The molecule has 0 unspecified atom stereocenters. The standard InChI is InChI=1S/C15H17N3OS/c1-4-19-12-7-5-11(6-8-12)13-14(16)18-9(2)10(3)20-15(18)17-13/h5-8H,4,16H2,1-3H3. The average molecular weight is 287 g/mol. The Morgan fingerprint density at radius 1 is 1.25 bits per heavy atom. The smallest absolute Gasteiger partial charge is 0.196 e. The van der Waals surface area contributed by atoms with Crippen LogP contribution in [0, 0.1) is 13.8 Å². The van der Waals surface area contributed by atoms with Gasteiger partial charge in [0.25, 0.3) is 0 Å². The van der Waals surface area contributed by atoms with Crippen LogP contribution in [0.25, 0.3) is 16.2 Å². The van der Waals surface area contributed by atoms with Crippen LogP contribution in [-0.2, 0) is 0 Å². The first-order valence-corrected chi connectivity index (χ1v) is 7.40. The first-order chi connectivity index (χ1) is 9.61. The van der Waals surface area contributed by atoms with Crippen molar-refractivity contribution in [3.8, 4) is 17.0 Å². The molecule has 104 valence electrons. The minimum Gasteiger partial charge on any atom is -0.494 e. The van der Waals surface area contributed by atoms with Crippen molar-refractivity contribution in [2.75, 3.05) is 12.3 Å². The molecule has 0 fully saturated rings. The fourth-order valence-corrected chi connectivity index (χ4v) is 3.24. The third-order valence-corrected chi connectivity index (χ3v) is 4.47. The van der Waals surface area contributed by atoms with Crippen LogP contribution in [0.4, 0.5) is 5.82 Å². The summed E-state index contributed by atoms with van der Waals surface area (Å²) in [4.78, 5) is 6.85. The minimum atomic E-state index is 0.667. The van der Waals surface area contributed by atoms with Gasteiger partial charge in [-0.15, -0.1) is 11.3 Å². The Balaban J connectivity index is 2.07. The molecule has 20 heavy (non-hydrogen) atoms. The van der Waals surface area contributed by atoms with Crippen molar-refractivity contribution >= 4 is 22.1 Å². The highest BCUT2D eigenvalue weighted by Crippen LogP contribution is 2.32. The highest BCUT2D eigenvalue weighted by molar-refractivity contribution is 7.17. The number of ether oxygens (including phenoxy) is 1.